The second kappa shape index (κ2) is 15.5. The van der Waals surface area contributed by atoms with Crippen LogP contribution in [0.2, 0.25) is 0 Å². The Morgan fingerprint density at radius 3 is 1.89 bits per heavy atom. The lowest BCUT2D eigenvalue weighted by atomic mass is 9.71. The van der Waals surface area contributed by atoms with Gasteiger partial charge < -0.3 is 14.8 Å². The molecule has 1 aliphatic heterocycles. The van der Waals surface area contributed by atoms with Crippen LogP contribution in [-0.4, -0.2) is 59.6 Å². The normalized spacial score (nSPS) is 15.0. The standard InChI is InChI=1S/C38H43N3O3/c42-29-36(28-31-14-5-1-6-15-31)41(37(43)44)39-30-38(34-18-9-3-10-19-34,35-20-11-4-12-21-35)24-13-25-40-26-22-33(23-27-40)32-16-7-2-8-17-32/h1-12,14-21,29,33,36,39H,13,22-28,30H2,(H,43,44)/t36-/m0/s1. The van der Waals surface area contributed by atoms with Crippen molar-refractivity contribution < 1.29 is 14.7 Å². The number of nitrogens with one attached hydrogen (secondary N) is 1. The molecule has 1 atom stereocenters. The quantitative estimate of drug-likeness (QED) is 0.123. The Bertz CT molecular complexity index is 1390. The number of hydrogen-bond donors (Lipinski definition) is 2. The smallest absolute Gasteiger partial charge is 0.422 e. The number of rotatable bonds is 14. The number of benzene rings is 4. The van der Waals surface area contributed by atoms with E-state index in [-0.39, 0.29) is 0 Å². The van der Waals surface area contributed by atoms with Gasteiger partial charge in [-0.3, -0.25) is 0 Å². The van der Waals surface area contributed by atoms with Crippen LogP contribution < -0.4 is 5.43 Å². The average molecular weight is 590 g/mol. The van der Waals surface area contributed by atoms with E-state index in [0.29, 0.717) is 18.9 Å². The minimum Gasteiger partial charge on any atom is -0.464 e. The molecule has 1 heterocycles. The maximum absolute atomic E-state index is 12.5. The van der Waals surface area contributed by atoms with Crippen molar-refractivity contribution in [2.75, 3.05) is 26.2 Å². The van der Waals surface area contributed by atoms with Crippen LogP contribution in [0.25, 0.3) is 0 Å². The monoisotopic (exact) mass is 589 g/mol. The minimum atomic E-state index is -1.17. The zero-order valence-electron chi connectivity index (χ0n) is 25.3. The van der Waals surface area contributed by atoms with E-state index in [1.54, 1.807) is 0 Å². The van der Waals surface area contributed by atoms with Gasteiger partial charge in [0.15, 0.2) is 0 Å². The van der Waals surface area contributed by atoms with E-state index in [2.05, 4.69) is 64.9 Å². The van der Waals surface area contributed by atoms with Crippen LogP contribution in [0, 0.1) is 0 Å². The summed E-state index contributed by atoms with van der Waals surface area (Å²) in [6, 6.07) is 40.2. The highest BCUT2D eigenvalue weighted by atomic mass is 16.4. The summed E-state index contributed by atoms with van der Waals surface area (Å²) in [6.45, 7) is 3.47. The van der Waals surface area contributed by atoms with Gasteiger partial charge in [-0.05, 0) is 73.5 Å². The third-order valence-corrected chi connectivity index (χ3v) is 9.12. The number of hydrogen-bond acceptors (Lipinski definition) is 4. The molecular weight excluding hydrogens is 546 g/mol. The van der Waals surface area contributed by atoms with E-state index < -0.39 is 17.6 Å². The third kappa shape index (κ3) is 7.81. The van der Waals surface area contributed by atoms with Crippen molar-refractivity contribution >= 4 is 12.4 Å². The molecule has 4 aromatic carbocycles. The van der Waals surface area contributed by atoms with Crippen LogP contribution >= 0.6 is 0 Å². The molecule has 1 saturated heterocycles. The first-order valence-electron chi connectivity index (χ1n) is 15.7. The highest BCUT2D eigenvalue weighted by molar-refractivity contribution is 5.71. The van der Waals surface area contributed by atoms with Gasteiger partial charge in [-0.25, -0.2) is 15.2 Å². The van der Waals surface area contributed by atoms with Gasteiger partial charge in [-0.2, -0.15) is 0 Å². The van der Waals surface area contributed by atoms with E-state index in [9.17, 15) is 14.7 Å². The highest BCUT2D eigenvalue weighted by Crippen LogP contribution is 2.37. The Kier molecular flexibility index (Phi) is 11.0. The first kappa shape index (κ1) is 31.2. The summed E-state index contributed by atoms with van der Waals surface area (Å²) in [7, 11) is 0. The van der Waals surface area contributed by atoms with Crippen molar-refractivity contribution in [1.29, 1.82) is 0 Å². The van der Waals surface area contributed by atoms with Gasteiger partial charge in [-0.1, -0.05) is 121 Å². The molecule has 4 aromatic rings. The SMILES string of the molecule is O=C[C@H](Cc1ccccc1)N(NCC(CCCN1CCC(c2ccccc2)CC1)(c1ccccc1)c1ccccc1)C(=O)O. The van der Waals surface area contributed by atoms with Crippen molar-refractivity contribution in [2.45, 2.75) is 49.5 Å². The maximum atomic E-state index is 12.5. The third-order valence-electron chi connectivity index (χ3n) is 9.12. The Balaban J connectivity index is 1.34. The zero-order chi connectivity index (χ0) is 30.6. The lowest BCUT2D eigenvalue weighted by molar-refractivity contribution is -0.113. The molecule has 44 heavy (non-hydrogen) atoms. The summed E-state index contributed by atoms with van der Waals surface area (Å²) < 4.78 is 0. The highest BCUT2D eigenvalue weighted by Gasteiger charge is 2.36. The van der Waals surface area contributed by atoms with Crippen LogP contribution in [0.3, 0.4) is 0 Å². The van der Waals surface area contributed by atoms with Crippen LogP contribution in [-0.2, 0) is 16.6 Å². The van der Waals surface area contributed by atoms with Gasteiger partial charge in [0.1, 0.15) is 12.3 Å². The number of nitrogens with zero attached hydrogens (tertiary/aromatic N) is 2. The van der Waals surface area contributed by atoms with Crippen LogP contribution in [0.1, 0.15) is 53.9 Å². The van der Waals surface area contributed by atoms with Crippen molar-refractivity contribution in [3.05, 3.63) is 144 Å². The van der Waals surface area contributed by atoms with E-state index in [1.807, 2.05) is 66.7 Å². The molecule has 5 rings (SSSR count). The van der Waals surface area contributed by atoms with E-state index in [0.717, 1.165) is 73.3 Å². The molecule has 0 aliphatic carbocycles. The number of piperidine rings is 1. The summed E-state index contributed by atoms with van der Waals surface area (Å²) in [5.74, 6) is 0.619. The summed E-state index contributed by atoms with van der Waals surface area (Å²) in [5, 5.41) is 11.3. The molecule has 6 heteroatoms. The molecule has 1 fully saturated rings. The number of carbonyl (C=O) groups excluding carboxylic acids is 1. The fraction of sp³-hybridized carbons (Fsp3) is 0.316. The van der Waals surface area contributed by atoms with Crippen LogP contribution in [0.4, 0.5) is 4.79 Å². The Morgan fingerprint density at radius 2 is 1.36 bits per heavy atom. The molecule has 228 valence electrons. The lowest BCUT2D eigenvalue weighted by Crippen LogP contribution is -2.55. The molecule has 0 spiro atoms. The number of carbonyl (C=O) groups is 2. The van der Waals surface area contributed by atoms with Gasteiger partial charge in [-0.15, -0.1) is 0 Å². The molecule has 0 bridgehead atoms. The first-order valence-corrected chi connectivity index (χ1v) is 15.7. The molecule has 1 amide bonds. The van der Waals surface area contributed by atoms with Crippen LogP contribution in [0.15, 0.2) is 121 Å². The van der Waals surface area contributed by atoms with Gasteiger partial charge >= 0.3 is 6.09 Å². The summed E-state index contributed by atoms with van der Waals surface area (Å²) >= 11 is 0. The summed E-state index contributed by atoms with van der Waals surface area (Å²) in [6.07, 6.45) is 3.95. The Morgan fingerprint density at radius 1 is 0.841 bits per heavy atom. The summed E-state index contributed by atoms with van der Waals surface area (Å²) in [4.78, 5) is 27.3. The number of likely N-dealkylation sites (tertiary alicyclic amines) is 1. The fourth-order valence-electron chi connectivity index (χ4n) is 6.68. The number of amides is 1. The minimum absolute atomic E-state index is 0.298. The Labute approximate surface area is 261 Å². The average Bonchev–Trinajstić information content (AvgIpc) is 3.09. The van der Waals surface area contributed by atoms with Gasteiger partial charge in [0.2, 0.25) is 0 Å². The Hall–Kier alpha value is -4.26. The molecule has 1 aliphatic rings. The van der Waals surface area contributed by atoms with Gasteiger partial charge in [0.05, 0.1) is 0 Å². The van der Waals surface area contributed by atoms with E-state index in [1.165, 1.54) is 5.56 Å². The predicted molar refractivity (Wildman–Crippen MR) is 176 cm³/mol. The number of carboxylic acid groups (broad SMARTS) is 1. The molecule has 0 unspecified atom stereocenters. The molecule has 0 radical (unpaired) electrons. The maximum Gasteiger partial charge on any atom is 0.422 e. The molecular formula is C38H43N3O3. The molecule has 6 nitrogen and oxygen atoms in total. The largest absolute Gasteiger partial charge is 0.464 e. The second-order valence-electron chi connectivity index (χ2n) is 11.8. The van der Waals surface area contributed by atoms with Gasteiger partial charge in [0.25, 0.3) is 0 Å². The zero-order valence-corrected chi connectivity index (χ0v) is 25.3. The van der Waals surface area contributed by atoms with Crippen molar-refractivity contribution in [3.63, 3.8) is 0 Å². The fourth-order valence-corrected chi connectivity index (χ4v) is 6.68. The van der Waals surface area contributed by atoms with E-state index in [4.69, 9.17) is 0 Å². The predicted octanol–water partition coefficient (Wildman–Crippen LogP) is 6.93. The number of aldehydes is 1. The summed E-state index contributed by atoms with van der Waals surface area (Å²) in [5.41, 5.74) is 7.32. The molecule has 0 saturated carbocycles. The van der Waals surface area contributed by atoms with Gasteiger partial charge in [0, 0.05) is 18.4 Å². The van der Waals surface area contributed by atoms with Crippen molar-refractivity contribution in [2.24, 2.45) is 0 Å². The second-order valence-corrected chi connectivity index (χ2v) is 11.8. The van der Waals surface area contributed by atoms with Crippen molar-refractivity contribution in [3.8, 4) is 0 Å². The number of hydrazine groups is 1. The van der Waals surface area contributed by atoms with Crippen LogP contribution in [0.5, 0.6) is 0 Å². The van der Waals surface area contributed by atoms with E-state index >= 15 is 0 Å². The molecule has 0 aromatic heterocycles. The lowest BCUT2D eigenvalue weighted by Gasteiger charge is -2.39. The molecule has 2 N–H and O–H groups in total. The topological polar surface area (TPSA) is 72.9 Å². The first-order chi connectivity index (χ1) is 21.6. The van der Waals surface area contributed by atoms with Crippen molar-refractivity contribution in [1.82, 2.24) is 15.3 Å².